The highest BCUT2D eigenvalue weighted by Crippen LogP contribution is 2.48. The molecule has 0 saturated heterocycles. The third-order valence-corrected chi connectivity index (χ3v) is 3.38. The number of aryl methyl sites for hydroxylation is 1. The molecule has 0 aromatic carbocycles. The average Bonchev–Trinajstić information content (AvgIpc) is 3.07. The third-order valence-electron chi connectivity index (χ3n) is 3.38. The molecule has 1 fully saturated rings. The van der Waals surface area contributed by atoms with Crippen LogP contribution in [-0.2, 0) is 0 Å². The molecule has 1 aliphatic rings. The van der Waals surface area contributed by atoms with Gasteiger partial charge in [0.25, 0.3) is 0 Å². The summed E-state index contributed by atoms with van der Waals surface area (Å²) in [5, 5.41) is 3.31. The summed E-state index contributed by atoms with van der Waals surface area (Å²) in [6.07, 6.45) is 3.58. The molecule has 5 heteroatoms. The minimum atomic E-state index is 0.383. The normalized spacial score (nSPS) is 16.4. The van der Waals surface area contributed by atoms with Crippen molar-refractivity contribution in [3.63, 3.8) is 0 Å². The fraction of sp³-hybridized carbons (Fsp3) is 0.692. The lowest BCUT2D eigenvalue weighted by atomic mass is 10.0. The molecule has 1 aromatic rings. The lowest BCUT2D eigenvalue weighted by Gasteiger charge is -2.15. The van der Waals surface area contributed by atoms with Crippen LogP contribution in [0.3, 0.4) is 0 Å². The van der Waals surface area contributed by atoms with Gasteiger partial charge in [-0.1, -0.05) is 0 Å². The maximum absolute atomic E-state index is 5.63. The summed E-state index contributed by atoms with van der Waals surface area (Å²) in [4.78, 5) is 8.71. The van der Waals surface area contributed by atoms with Gasteiger partial charge >= 0.3 is 0 Å². The Balaban J connectivity index is 1.96. The number of anilines is 1. The molecule has 0 amide bonds. The van der Waals surface area contributed by atoms with Gasteiger partial charge in [0.2, 0.25) is 11.8 Å². The monoisotopic (exact) mass is 250 g/mol. The van der Waals surface area contributed by atoms with Crippen LogP contribution < -0.4 is 15.8 Å². The molecule has 0 radical (unpaired) electrons. The lowest BCUT2D eigenvalue weighted by molar-refractivity contribution is 0.326. The number of nitrogens with two attached hydrogens (primary N) is 1. The smallest absolute Gasteiger partial charge is 0.226 e. The average molecular weight is 250 g/mol. The van der Waals surface area contributed by atoms with E-state index >= 15 is 0 Å². The Morgan fingerprint density at radius 2 is 2.22 bits per heavy atom. The molecule has 2 rings (SSSR count). The number of hydrogen-bond donors (Lipinski definition) is 2. The molecule has 3 N–H and O–H groups in total. The fourth-order valence-corrected chi connectivity index (χ4v) is 2.11. The summed E-state index contributed by atoms with van der Waals surface area (Å²) in [5.41, 5.74) is 6.93. The SMILES string of the molecule is CCOc1cc(C)nc(NCC2(CCN)CC2)n1. The minimum Gasteiger partial charge on any atom is -0.478 e. The van der Waals surface area contributed by atoms with Crippen LogP contribution in [0.2, 0.25) is 0 Å². The number of rotatable bonds is 7. The molecule has 0 atom stereocenters. The number of aromatic nitrogens is 2. The quantitative estimate of drug-likeness (QED) is 0.771. The molecule has 5 nitrogen and oxygen atoms in total. The van der Waals surface area contributed by atoms with Gasteiger partial charge in [0.15, 0.2) is 0 Å². The summed E-state index contributed by atoms with van der Waals surface area (Å²) in [5.74, 6) is 1.29. The number of nitrogens with zero attached hydrogens (tertiary/aromatic N) is 2. The van der Waals surface area contributed by atoms with Crippen molar-refractivity contribution in [2.24, 2.45) is 11.1 Å². The Bertz CT molecular complexity index is 404. The van der Waals surface area contributed by atoms with Crippen LogP contribution in [0, 0.1) is 12.3 Å². The van der Waals surface area contributed by atoms with E-state index in [1.165, 1.54) is 12.8 Å². The lowest BCUT2D eigenvalue weighted by Crippen LogP contribution is -2.20. The predicted octanol–water partition coefficient (Wildman–Crippen LogP) is 1.72. The Morgan fingerprint density at radius 3 is 2.83 bits per heavy atom. The van der Waals surface area contributed by atoms with E-state index in [1.54, 1.807) is 0 Å². The van der Waals surface area contributed by atoms with Crippen LogP contribution in [0.4, 0.5) is 5.95 Å². The number of ether oxygens (including phenoxy) is 1. The van der Waals surface area contributed by atoms with Crippen molar-refractivity contribution in [1.82, 2.24) is 9.97 Å². The summed E-state index contributed by atoms with van der Waals surface area (Å²) < 4.78 is 5.41. The summed E-state index contributed by atoms with van der Waals surface area (Å²) >= 11 is 0. The first-order valence-electron chi connectivity index (χ1n) is 6.60. The highest BCUT2D eigenvalue weighted by molar-refractivity contribution is 5.31. The topological polar surface area (TPSA) is 73.1 Å². The van der Waals surface area contributed by atoms with Crippen molar-refractivity contribution in [1.29, 1.82) is 0 Å². The van der Waals surface area contributed by atoms with Gasteiger partial charge in [-0.2, -0.15) is 4.98 Å². The van der Waals surface area contributed by atoms with E-state index in [-0.39, 0.29) is 0 Å². The second kappa shape index (κ2) is 5.52. The van der Waals surface area contributed by atoms with Gasteiger partial charge in [-0.25, -0.2) is 4.98 Å². The molecular formula is C13H22N4O. The van der Waals surface area contributed by atoms with Crippen molar-refractivity contribution in [3.8, 4) is 5.88 Å². The number of nitrogens with one attached hydrogen (secondary N) is 1. The molecule has 1 heterocycles. The van der Waals surface area contributed by atoms with Crippen molar-refractivity contribution in [3.05, 3.63) is 11.8 Å². The van der Waals surface area contributed by atoms with Crippen LogP contribution in [0.1, 0.15) is 31.9 Å². The van der Waals surface area contributed by atoms with Gasteiger partial charge in [-0.15, -0.1) is 0 Å². The number of hydrogen-bond acceptors (Lipinski definition) is 5. The Labute approximate surface area is 108 Å². The Hall–Kier alpha value is -1.36. The van der Waals surface area contributed by atoms with E-state index in [4.69, 9.17) is 10.5 Å². The van der Waals surface area contributed by atoms with Crippen LogP contribution in [0.5, 0.6) is 5.88 Å². The molecule has 0 unspecified atom stereocenters. The largest absolute Gasteiger partial charge is 0.478 e. The molecule has 1 aromatic heterocycles. The molecule has 100 valence electrons. The highest BCUT2D eigenvalue weighted by atomic mass is 16.5. The van der Waals surface area contributed by atoms with Crippen LogP contribution in [-0.4, -0.2) is 29.7 Å². The first-order chi connectivity index (χ1) is 8.67. The predicted molar refractivity (Wildman–Crippen MR) is 71.8 cm³/mol. The summed E-state index contributed by atoms with van der Waals surface area (Å²) in [6.45, 7) is 6.17. The van der Waals surface area contributed by atoms with E-state index in [9.17, 15) is 0 Å². The van der Waals surface area contributed by atoms with E-state index in [2.05, 4.69) is 15.3 Å². The molecule has 18 heavy (non-hydrogen) atoms. The van der Waals surface area contributed by atoms with Gasteiger partial charge in [0.05, 0.1) is 6.61 Å². The first kappa shape index (κ1) is 13.1. The van der Waals surface area contributed by atoms with E-state index < -0.39 is 0 Å². The van der Waals surface area contributed by atoms with Crippen LogP contribution in [0.15, 0.2) is 6.07 Å². The molecule has 0 bridgehead atoms. The molecule has 1 saturated carbocycles. The standard InChI is InChI=1S/C13H22N4O/c1-3-18-11-8-10(2)16-12(17-11)15-9-13(4-5-13)6-7-14/h8H,3-7,9,14H2,1-2H3,(H,15,16,17). The van der Waals surface area contributed by atoms with E-state index in [1.807, 2.05) is 19.9 Å². The van der Waals surface area contributed by atoms with Crippen LogP contribution in [0.25, 0.3) is 0 Å². The molecule has 0 spiro atoms. The highest BCUT2D eigenvalue weighted by Gasteiger charge is 2.41. The van der Waals surface area contributed by atoms with E-state index in [0.29, 0.717) is 23.9 Å². The summed E-state index contributed by atoms with van der Waals surface area (Å²) in [6, 6.07) is 1.85. The maximum atomic E-state index is 5.63. The minimum absolute atomic E-state index is 0.383. The third kappa shape index (κ3) is 3.32. The first-order valence-corrected chi connectivity index (χ1v) is 6.60. The molecular weight excluding hydrogens is 228 g/mol. The van der Waals surface area contributed by atoms with Gasteiger partial charge in [0, 0.05) is 18.3 Å². The van der Waals surface area contributed by atoms with Crippen molar-refractivity contribution in [2.75, 3.05) is 25.0 Å². The van der Waals surface area contributed by atoms with Crippen molar-refractivity contribution >= 4 is 5.95 Å². The van der Waals surface area contributed by atoms with Crippen molar-refractivity contribution in [2.45, 2.75) is 33.1 Å². The zero-order valence-corrected chi connectivity index (χ0v) is 11.2. The maximum Gasteiger partial charge on any atom is 0.226 e. The Morgan fingerprint density at radius 1 is 1.44 bits per heavy atom. The van der Waals surface area contributed by atoms with Gasteiger partial charge < -0.3 is 15.8 Å². The van der Waals surface area contributed by atoms with Crippen LogP contribution >= 0.6 is 0 Å². The zero-order chi connectivity index (χ0) is 13.0. The zero-order valence-electron chi connectivity index (χ0n) is 11.2. The second-order valence-corrected chi connectivity index (χ2v) is 5.00. The van der Waals surface area contributed by atoms with Gasteiger partial charge in [-0.3, -0.25) is 0 Å². The van der Waals surface area contributed by atoms with Gasteiger partial charge in [-0.05, 0) is 45.1 Å². The van der Waals surface area contributed by atoms with E-state index in [0.717, 1.165) is 25.2 Å². The Kier molecular flexibility index (Phi) is 4.01. The second-order valence-electron chi connectivity index (χ2n) is 5.00. The van der Waals surface area contributed by atoms with Crippen molar-refractivity contribution < 1.29 is 4.74 Å². The molecule has 0 aliphatic heterocycles. The fourth-order valence-electron chi connectivity index (χ4n) is 2.11. The summed E-state index contributed by atoms with van der Waals surface area (Å²) in [7, 11) is 0. The van der Waals surface area contributed by atoms with Gasteiger partial charge in [0.1, 0.15) is 0 Å². The molecule has 1 aliphatic carbocycles.